The molecule has 0 N–H and O–H groups in total. The van der Waals surface area contributed by atoms with Gasteiger partial charge in [0, 0.05) is 16.5 Å². The van der Waals surface area contributed by atoms with Crippen molar-refractivity contribution in [1.82, 2.24) is 9.66 Å². The Kier molecular flexibility index (Phi) is 5.04. The number of benzene rings is 1. The lowest BCUT2D eigenvalue weighted by atomic mass is 9.97. The molecule has 0 radical (unpaired) electrons. The maximum Gasteiger partial charge on any atom is 0.282 e. The van der Waals surface area contributed by atoms with E-state index in [1.807, 2.05) is 0 Å². The third-order valence-electron chi connectivity index (χ3n) is 4.92. The molecule has 2 aromatic heterocycles. The van der Waals surface area contributed by atoms with Crippen molar-refractivity contribution in [2.24, 2.45) is 5.10 Å². The smallest absolute Gasteiger partial charge is 0.282 e. The SMILES string of the molecule is COc1cc(OC)c(OC)cc1C=Nn1cnc2sc3c(c2c1=O)CCCC3. The molecule has 3 aromatic rings. The highest BCUT2D eigenvalue weighted by Crippen LogP contribution is 2.34. The molecular formula is C20H21N3O4S. The van der Waals surface area contributed by atoms with E-state index in [4.69, 9.17) is 14.2 Å². The maximum absolute atomic E-state index is 13.0. The predicted octanol–water partition coefficient (Wildman–Crippen LogP) is 3.24. The van der Waals surface area contributed by atoms with E-state index in [2.05, 4.69) is 10.1 Å². The zero-order valence-electron chi connectivity index (χ0n) is 16.0. The third kappa shape index (κ3) is 3.13. The number of rotatable bonds is 5. The number of methoxy groups -OCH3 is 3. The quantitative estimate of drug-likeness (QED) is 0.616. The van der Waals surface area contributed by atoms with Crippen LogP contribution in [0.1, 0.15) is 28.8 Å². The summed E-state index contributed by atoms with van der Waals surface area (Å²) in [6.07, 6.45) is 7.28. The molecular weight excluding hydrogens is 378 g/mol. The lowest BCUT2D eigenvalue weighted by Crippen LogP contribution is -2.18. The van der Waals surface area contributed by atoms with Gasteiger partial charge in [0.2, 0.25) is 0 Å². The van der Waals surface area contributed by atoms with Crippen LogP contribution in [-0.2, 0) is 12.8 Å². The fourth-order valence-corrected chi connectivity index (χ4v) is 4.72. The second-order valence-electron chi connectivity index (χ2n) is 6.48. The molecule has 1 aliphatic rings. The Morgan fingerprint density at radius 2 is 1.79 bits per heavy atom. The van der Waals surface area contributed by atoms with Gasteiger partial charge >= 0.3 is 0 Å². The third-order valence-corrected chi connectivity index (χ3v) is 6.12. The lowest BCUT2D eigenvalue weighted by Gasteiger charge is -2.11. The molecule has 0 fully saturated rings. The lowest BCUT2D eigenvalue weighted by molar-refractivity contribution is 0.349. The molecule has 4 rings (SSSR count). The van der Waals surface area contributed by atoms with Crippen LogP contribution in [0.15, 0.2) is 28.4 Å². The molecule has 1 aromatic carbocycles. The molecule has 0 bridgehead atoms. The Morgan fingerprint density at radius 3 is 2.54 bits per heavy atom. The van der Waals surface area contributed by atoms with Gasteiger partial charge in [-0.3, -0.25) is 4.79 Å². The van der Waals surface area contributed by atoms with E-state index in [0.717, 1.165) is 29.7 Å². The molecule has 2 heterocycles. The minimum atomic E-state index is -0.139. The summed E-state index contributed by atoms with van der Waals surface area (Å²) < 4.78 is 17.3. The molecule has 28 heavy (non-hydrogen) atoms. The number of aryl methyl sites for hydroxylation is 2. The van der Waals surface area contributed by atoms with Crippen molar-refractivity contribution < 1.29 is 14.2 Å². The summed E-state index contributed by atoms with van der Waals surface area (Å²) in [6.45, 7) is 0. The van der Waals surface area contributed by atoms with Gasteiger partial charge in [-0.05, 0) is 37.3 Å². The molecule has 0 unspecified atom stereocenters. The van der Waals surface area contributed by atoms with E-state index in [0.29, 0.717) is 28.2 Å². The molecule has 7 nitrogen and oxygen atoms in total. The van der Waals surface area contributed by atoms with Crippen LogP contribution < -0.4 is 19.8 Å². The van der Waals surface area contributed by atoms with Crippen molar-refractivity contribution in [2.75, 3.05) is 21.3 Å². The fraction of sp³-hybridized carbons (Fsp3) is 0.350. The first kappa shape index (κ1) is 18.5. The monoisotopic (exact) mass is 399 g/mol. The van der Waals surface area contributed by atoms with Crippen LogP contribution in [0.4, 0.5) is 0 Å². The molecule has 0 aliphatic heterocycles. The first-order chi connectivity index (χ1) is 13.7. The van der Waals surface area contributed by atoms with Crippen LogP contribution in [0.25, 0.3) is 10.2 Å². The number of hydrogen-bond donors (Lipinski definition) is 0. The number of ether oxygens (including phenoxy) is 3. The van der Waals surface area contributed by atoms with Gasteiger partial charge < -0.3 is 14.2 Å². The van der Waals surface area contributed by atoms with Gasteiger partial charge in [-0.1, -0.05) is 0 Å². The molecule has 8 heteroatoms. The van der Waals surface area contributed by atoms with Crippen molar-refractivity contribution in [3.8, 4) is 17.2 Å². The summed E-state index contributed by atoms with van der Waals surface area (Å²) in [4.78, 5) is 19.5. The van der Waals surface area contributed by atoms with Crippen molar-refractivity contribution in [3.05, 3.63) is 44.8 Å². The molecule has 0 saturated heterocycles. The molecule has 0 amide bonds. The minimum Gasteiger partial charge on any atom is -0.496 e. The van der Waals surface area contributed by atoms with E-state index in [-0.39, 0.29) is 5.56 Å². The average Bonchev–Trinajstić information content (AvgIpc) is 3.12. The first-order valence-corrected chi connectivity index (χ1v) is 9.84. The highest BCUT2D eigenvalue weighted by atomic mass is 32.1. The molecule has 1 aliphatic carbocycles. The first-order valence-electron chi connectivity index (χ1n) is 9.02. The van der Waals surface area contributed by atoms with Crippen molar-refractivity contribution in [1.29, 1.82) is 0 Å². The van der Waals surface area contributed by atoms with Gasteiger partial charge in [-0.15, -0.1) is 11.3 Å². The zero-order valence-corrected chi connectivity index (χ0v) is 16.8. The topological polar surface area (TPSA) is 74.9 Å². The van der Waals surface area contributed by atoms with E-state index in [1.165, 1.54) is 22.3 Å². The number of nitrogens with zero attached hydrogens (tertiary/aromatic N) is 3. The molecule has 0 saturated carbocycles. The second kappa shape index (κ2) is 7.63. The Bertz CT molecular complexity index is 1120. The normalized spacial score (nSPS) is 13.7. The number of aromatic nitrogens is 2. The van der Waals surface area contributed by atoms with Crippen molar-refractivity contribution >= 4 is 27.8 Å². The highest BCUT2D eigenvalue weighted by molar-refractivity contribution is 7.18. The van der Waals surface area contributed by atoms with E-state index in [9.17, 15) is 4.79 Å². The summed E-state index contributed by atoms with van der Waals surface area (Å²) >= 11 is 1.63. The molecule has 146 valence electrons. The van der Waals surface area contributed by atoms with Crippen LogP contribution in [-0.4, -0.2) is 37.2 Å². The van der Waals surface area contributed by atoms with Crippen molar-refractivity contribution in [3.63, 3.8) is 0 Å². The number of hydrogen-bond acceptors (Lipinski definition) is 7. The number of fused-ring (bicyclic) bond motifs is 3. The Labute approximate surface area is 166 Å². The van der Waals surface area contributed by atoms with Crippen LogP contribution >= 0.6 is 11.3 Å². The second-order valence-corrected chi connectivity index (χ2v) is 7.56. The average molecular weight is 399 g/mol. The van der Waals surface area contributed by atoms with Crippen LogP contribution in [0.5, 0.6) is 17.2 Å². The standard InChI is InChI=1S/C20H21N3O4S/c1-25-14-9-16(27-3)15(26-2)8-12(14)10-22-23-11-21-19-18(20(23)24)13-6-4-5-7-17(13)28-19/h8-11H,4-7H2,1-3H3. The van der Waals surface area contributed by atoms with Gasteiger partial charge in [0.15, 0.2) is 11.5 Å². The van der Waals surface area contributed by atoms with Gasteiger partial charge in [-0.25, -0.2) is 4.98 Å². The van der Waals surface area contributed by atoms with E-state index < -0.39 is 0 Å². The summed E-state index contributed by atoms with van der Waals surface area (Å²) in [7, 11) is 4.69. The molecule has 0 atom stereocenters. The zero-order chi connectivity index (χ0) is 19.7. The highest BCUT2D eigenvalue weighted by Gasteiger charge is 2.20. The van der Waals surface area contributed by atoms with Gasteiger partial charge in [0.05, 0.1) is 32.9 Å². The van der Waals surface area contributed by atoms with Crippen LogP contribution in [0.3, 0.4) is 0 Å². The fourth-order valence-electron chi connectivity index (χ4n) is 3.50. The van der Waals surface area contributed by atoms with Crippen molar-refractivity contribution in [2.45, 2.75) is 25.7 Å². The van der Waals surface area contributed by atoms with Crippen LogP contribution in [0.2, 0.25) is 0 Å². The van der Waals surface area contributed by atoms with E-state index in [1.54, 1.807) is 51.0 Å². The predicted molar refractivity (Wildman–Crippen MR) is 110 cm³/mol. The van der Waals surface area contributed by atoms with Gasteiger partial charge in [0.1, 0.15) is 16.9 Å². The minimum absolute atomic E-state index is 0.139. The van der Waals surface area contributed by atoms with Gasteiger partial charge in [0.25, 0.3) is 5.56 Å². The summed E-state index contributed by atoms with van der Waals surface area (Å²) in [5.74, 6) is 1.68. The maximum atomic E-state index is 13.0. The Balaban J connectivity index is 1.77. The summed E-state index contributed by atoms with van der Waals surface area (Å²) in [5.41, 5.74) is 1.68. The number of thiophene rings is 1. The summed E-state index contributed by atoms with van der Waals surface area (Å²) in [6, 6.07) is 3.48. The van der Waals surface area contributed by atoms with Crippen LogP contribution in [0, 0.1) is 0 Å². The van der Waals surface area contributed by atoms with E-state index >= 15 is 0 Å². The Hall–Kier alpha value is -2.87. The van der Waals surface area contributed by atoms with Gasteiger partial charge in [-0.2, -0.15) is 9.78 Å². The molecule has 0 spiro atoms. The Morgan fingerprint density at radius 1 is 1.07 bits per heavy atom. The largest absolute Gasteiger partial charge is 0.496 e. The summed E-state index contributed by atoms with van der Waals surface area (Å²) in [5, 5.41) is 5.05.